The quantitative estimate of drug-likeness (QED) is 0.738. The molecule has 0 heterocycles. The van der Waals surface area contributed by atoms with E-state index in [2.05, 4.69) is 4.74 Å². The van der Waals surface area contributed by atoms with Crippen molar-refractivity contribution in [2.75, 3.05) is 0 Å². The van der Waals surface area contributed by atoms with Crippen LogP contribution in [0.5, 0.6) is 5.75 Å². The van der Waals surface area contributed by atoms with Gasteiger partial charge in [0.05, 0.1) is 5.56 Å². The molecule has 0 spiro atoms. The average Bonchev–Trinajstić information content (AvgIpc) is 2.39. The fourth-order valence-corrected chi connectivity index (χ4v) is 2.66. The lowest BCUT2D eigenvalue weighted by Gasteiger charge is -2.21. The van der Waals surface area contributed by atoms with Crippen LogP contribution in [-0.4, -0.2) is 12.4 Å². The maximum absolute atomic E-state index is 12.3. The summed E-state index contributed by atoms with van der Waals surface area (Å²) in [4.78, 5) is 12.2. The number of ketones is 1. The Labute approximate surface area is 111 Å². The molecule has 0 atom stereocenters. The standard InChI is InChI=1S/C15H18F2O2/c16-15(17)19-14-9-5-4-8-12(14)13(18)10-11-6-2-1-3-7-11/h4-5,8-9,11,15H,1-3,6-7,10H2. The van der Waals surface area contributed by atoms with Crippen molar-refractivity contribution in [3.05, 3.63) is 29.8 Å². The first-order chi connectivity index (χ1) is 9.16. The molecule has 104 valence electrons. The second kappa shape index (κ2) is 6.64. The lowest BCUT2D eigenvalue weighted by Crippen LogP contribution is -2.14. The zero-order chi connectivity index (χ0) is 13.7. The smallest absolute Gasteiger partial charge is 0.387 e. The minimum absolute atomic E-state index is 0.0155. The van der Waals surface area contributed by atoms with E-state index in [-0.39, 0.29) is 17.1 Å². The number of hydrogen-bond acceptors (Lipinski definition) is 2. The van der Waals surface area contributed by atoms with Crippen molar-refractivity contribution in [1.82, 2.24) is 0 Å². The summed E-state index contributed by atoms with van der Waals surface area (Å²) in [6.07, 6.45) is 6.10. The number of para-hydroxylation sites is 1. The van der Waals surface area contributed by atoms with Gasteiger partial charge in [0.1, 0.15) is 5.75 Å². The lowest BCUT2D eigenvalue weighted by molar-refractivity contribution is -0.0501. The second-order valence-corrected chi connectivity index (χ2v) is 5.01. The maximum atomic E-state index is 12.3. The van der Waals surface area contributed by atoms with Crippen molar-refractivity contribution < 1.29 is 18.3 Å². The maximum Gasteiger partial charge on any atom is 0.387 e. The van der Waals surface area contributed by atoms with E-state index in [1.165, 1.54) is 12.5 Å². The first-order valence-electron chi connectivity index (χ1n) is 6.74. The van der Waals surface area contributed by atoms with Crippen molar-refractivity contribution in [2.45, 2.75) is 45.1 Å². The summed E-state index contributed by atoms with van der Waals surface area (Å²) in [5.41, 5.74) is 0.272. The SMILES string of the molecule is O=C(CC1CCCCC1)c1ccccc1OC(F)F. The Morgan fingerprint density at radius 1 is 1.21 bits per heavy atom. The fraction of sp³-hybridized carbons (Fsp3) is 0.533. The highest BCUT2D eigenvalue weighted by molar-refractivity contribution is 5.98. The first kappa shape index (κ1) is 14.0. The molecule has 0 aromatic heterocycles. The number of carbonyl (C=O) groups is 1. The van der Waals surface area contributed by atoms with Gasteiger partial charge >= 0.3 is 6.61 Å². The van der Waals surface area contributed by atoms with E-state index in [0.717, 1.165) is 25.7 Å². The zero-order valence-corrected chi connectivity index (χ0v) is 10.8. The van der Waals surface area contributed by atoms with Crippen molar-refractivity contribution >= 4 is 5.78 Å². The van der Waals surface area contributed by atoms with Gasteiger partial charge in [0.25, 0.3) is 0 Å². The molecule has 2 rings (SSSR count). The molecule has 0 unspecified atom stereocenters. The van der Waals surface area contributed by atoms with Gasteiger partial charge in [-0.25, -0.2) is 0 Å². The number of Topliss-reactive ketones (excluding diaryl/α,β-unsaturated/α-hetero) is 1. The van der Waals surface area contributed by atoms with Crippen molar-refractivity contribution in [3.8, 4) is 5.75 Å². The Morgan fingerprint density at radius 2 is 1.89 bits per heavy atom. The van der Waals surface area contributed by atoms with Gasteiger partial charge < -0.3 is 4.74 Å². The van der Waals surface area contributed by atoms with Gasteiger partial charge in [0, 0.05) is 6.42 Å². The second-order valence-electron chi connectivity index (χ2n) is 5.01. The molecular formula is C15H18F2O2. The van der Waals surface area contributed by atoms with Gasteiger partial charge in [-0.15, -0.1) is 0 Å². The summed E-state index contributed by atoms with van der Waals surface area (Å²) >= 11 is 0. The van der Waals surface area contributed by atoms with Crippen molar-refractivity contribution in [3.63, 3.8) is 0 Å². The molecule has 4 heteroatoms. The molecule has 19 heavy (non-hydrogen) atoms. The number of carbonyl (C=O) groups excluding carboxylic acids is 1. The summed E-state index contributed by atoms with van der Waals surface area (Å²) in [5.74, 6) is 0.280. The van der Waals surface area contributed by atoms with E-state index in [0.29, 0.717) is 12.3 Å². The fourth-order valence-electron chi connectivity index (χ4n) is 2.66. The molecule has 1 aromatic rings. The van der Waals surface area contributed by atoms with Crippen LogP contribution in [0.2, 0.25) is 0 Å². The third-order valence-corrected chi connectivity index (χ3v) is 3.60. The molecule has 2 nitrogen and oxygen atoms in total. The van der Waals surface area contributed by atoms with Crippen molar-refractivity contribution in [1.29, 1.82) is 0 Å². The van der Waals surface area contributed by atoms with Crippen LogP contribution in [-0.2, 0) is 0 Å². The van der Waals surface area contributed by atoms with E-state index in [1.54, 1.807) is 18.2 Å². The number of benzene rings is 1. The zero-order valence-electron chi connectivity index (χ0n) is 10.8. The molecule has 0 aliphatic heterocycles. The van der Waals surface area contributed by atoms with Gasteiger partial charge in [0.2, 0.25) is 0 Å². The van der Waals surface area contributed by atoms with Crippen LogP contribution < -0.4 is 4.74 Å². The minimum Gasteiger partial charge on any atom is -0.434 e. The normalized spacial score (nSPS) is 16.6. The summed E-state index contributed by atoms with van der Waals surface area (Å²) in [6.45, 7) is -2.90. The Bertz CT molecular complexity index is 426. The molecular weight excluding hydrogens is 250 g/mol. The monoisotopic (exact) mass is 268 g/mol. The summed E-state index contributed by atoms with van der Waals surface area (Å²) in [7, 11) is 0. The van der Waals surface area contributed by atoms with Crippen LogP contribution in [0.25, 0.3) is 0 Å². The minimum atomic E-state index is -2.90. The summed E-state index contributed by atoms with van der Waals surface area (Å²) in [5, 5.41) is 0. The number of rotatable bonds is 5. The molecule has 1 aliphatic rings. The van der Waals surface area contributed by atoms with Gasteiger partial charge in [-0.05, 0) is 18.1 Å². The van der Waals surface area contributed by atoms with E-state index < -0.39 is 6.61 Å². The van der Waals surface area contributed by atoms with Gasteiger partial charge in [-0.1, -0.05) is 44.2 Å². The highest BCUT2D eigenvalue weighted by Gasteiger charge is 2.21. The first-order valence-corrected chi connectivity index (χ1v) is 6.74. The largest absolute Gasteiger partial charge is 0.434 e. The number of hydrogen-bond donors (Lipinski definition) is 0. The van der Waals surface area contributed by atoms with Crippen LogP contribution in [0.15, 0.2) is 24.3 Å². The topological polar surface area (TPSA) is 26.3 Å². The molecule has 0 bridgehead atoms. The highest BCUT2D eigenvalue weighted by Crippen LogP contribution is 2.29. The average molecular weight is 268 g/mol. The van der Waals surface area contributed by atoms with Crippen LogP contribution in [0.3, 0.4) is 0 Å². The van der Waals surface area contributed by atoms with Gasteiger partial charge in [-0.2, -0.15) is 8.78 Å². The third kappa shape index (κ3) is 4.01. The number of ether oxygens (including phenoxy) is 1. The Hall–Kier alpha value is -1.45. The molecule has 1 aliphatic carbocycles. The van der Waals surface area contributed by atoms with Gasteiger partial charge in [-0.3, -0.25) is 4.79 Å². The van der Waals surface area contributed by atoms with E-state index in [4.69, 9.17) is 0 Å². The number of halogens is 2. The highest BCUT2D eigenvalue weighted by atomic mass is 19.3. The summed E-state index contributed by atoms with van der Waals surface area (Å²) < 4.78 is 29.0. The number of alkyl halides is 2. The Balaban J connectivity index is 2.05. The molecule has 1 aromatic carbocycles. The predicted octanol–water partition coefficient (Wildman–Crippen LogP) is 4.44. The van der Waals surface area contributed by atoms with Crippen LogP contribution >= 0.6 is 0 Å². The van der Waals surface area contributed by atoms with Crippen LogP contribution in [0.1, 0.15) is 48.9 Å². The van der Waals surface area contributed by atoms with E-state index in [1.807, 2.05) is 0 Å². The van der Waals surface area contributed by atoms with E-state index >= 15 is 0 Å². The molecule has 0 radical (unpaired) electrons. The third-order valence-electron chi connectivity index (χ3n) is 3.60. The molecule has 0 amide bonds. The molecule has 0 N–H and O–H groups in total. The van der Waals surface area contributed by atoms with Crippen LogP contribution in [0.4, 0.5) is 8.78 Å². The lowest BCUT2D eigenvalue weighted by atomic mass is 9.84. The van der Waals surface area contributed by atoms with Crippen molar-refractivity contribution in [2.24, 2.45) is 5.92 Å². The Kier molecular flexibility index (Phi) is 4.88. The Morgan fingerprint density at radius 3 is 2.58 bits per heavy atom. The molecule has 1 fully saturated rings. The van der Waals surface area contributed by atoms with Gasteiger partial charge in [0.15, 0.2) is 5.78 Å². The molecule has 0 saturated heterocycles. The predicted molar refractivity (Wildman–Crippen MR) is 68.6 cm³/mol. The summed E-state index contributed by atoms with van der Waals surface area (Å²) in [6, 6.07) is 6.24. The molecule has 1 saturated carbocycles. The van der Waals surface area contributed by atoms with E-state index in [9.17, 15) is 13.6 Å². The van der Waals surface area contributed by atoms with Crippen LogP contribution in [0, 0.1) is 5.92 Å².